The number of fused-ring (bicyclic) bond motifs is 1. The Bertz CT molecular complexity index is 556. The Morgan fingerprint density at radius 3 is 2.90 bits per heavy atom. The zero-order valence-electron chi connectivity index (χ0n) is 11.3. The monoisotopic (exact) mass is 293 g/mol. The second-order valence-corrected chi connectivity index (χ2v) is 5.67. The van der Waals surface area contributed by atoms with Crippen molar-refractivity contribution in [3.05, 3.63) is 23.8 Å². The van der Waals surface area contributed by atoms with Crippen LogP contribution in [0.2, 0.25) is 0 Å². The number of rotatable bonds is 4. The molecule has 1 aliphatic rings. The van der Waals surface area contributed by atoms with Crippen LogP contribution in [-0.4, -0.2) is 36.6 Å². The van der Waals surface area contributed by atoms with Crippen molar-refractivity contribution in [3.8, 4) is 0 Å². The summed E-state index contributed by atoms with van der Waals surface area (Å²) in [5.41, 5.74) is 1.20. The fourth-order valence-corrected chi connectivity index (χ4v) is 2.88. The summed E-state index contributed by atoms with van der Waals surface area (Å²) < 4.78 is 5.07. The molecule has 0 saturated heterocycles. The molecule has 1 amide bonds. The second kappa shape index (κ2) is 6.09. The number of esters is 1. The number of hydrogen-bond donors (Lipinski definition) is 0. The highest BCUT2D eigenvalue weighted by Gasteiger charge is 2.27. The summed E-state index contributed by atoms with van der Waals surface area (Å²) in [6.45, 7) is 3.41. The van der Waals surface area contributed by atoms with Crippen molar-refractivity contribution in [3.63, 3.8) is 0 Å². The van der Waals surface area contributed by atoms with Crippen molar-refractivity contribution in [2.75, 3.05) is 17.2 Å². The van der Waals surface area contributed by atoms with Gasteiger partial charge in [0.1, 0.15) is 12.8 Å². The first-order valence-corrected chi connectivity index (χ1v) is 7.21. The summed E-state index contributed by atoms with van der Waals surface area (Å²) in [6, 6.07) is 5.04. The number of nitrogens with zero attached hydrogens (tertiary/aromatic N) is 1. The minimum atomic E-state index is -0.439. The van der Waals surface area contributed by atoms with Gasteiger partial charge in [0.05, 0.1) is 17.5 Å². The number of carbonyl (C=O) groups excluding carboxylic acids is 3. The van der Waals surface area contributed by atoms with Gasteiger partial charge in [-0.25, -0.2) is 0 Å². The summed E-state index contributed by atoms with van der Waals surface area (Å²) >= 11 is 1.37. The van der Waals surface area contributed by atoms with Crippen molar-refractivity contribution in [1.82, 2.24) is 0 Å². The Balaban J connectivity index is 2.23. The summed E-state index contributed by atoms with van der Waals surface area (Å²) in [7, 11) is 0. The number of hydrogen-bond acceptors (Lipinski definition) is 5. The maximum absolute atomic E-state index is 12.0. The van der Waals surface area contributed by atoms with E-state index in [1.54, 1.807) is 32.0 Å². The van der Waals surface area contributed by atoms with Gasteiger partial charge in [0, 0.05) is 10.5 Å². The van der Waals surface area contributed by atoms with Crippen molar-refractivity contribution in [2.24, 2.45) is 0 Å². The average Bonchev–Trinajstić information content (AvgIpc) is 2.40. The van der Waals surface area contributed by atoms with E-state index in [0.29, 0.717) is 11.3 Å². The van der Waals surface area contributed by atoms with Gasteiger partial charge in [0.15, 0.2) is 0 Å². The van der Waals surface area contributed by atoms with E-state index in [0.717, 1.165) is 11.2 Å². The first-order valence-electron chi connectivity index (χ1n) is 6.23. The topological polar surface area (TPSA) is 63.7 Å². The van der Waals surface area contributed by atoms with Crippen LogP contribution in [0.5, 0.6) is 0 Å². The molecular weight excluding hydrogens is 278 g/mol. The smallest absolute Gasteiger partial charge is 0.326 e. The van der Waals surface area contributed by atoms with Gasteiger partial charge in [-0.05, 0) is 32.0 Å². The first kappa shape index (κ1) is 14.6. The van der Waals surface area contributed by atoms with E-state index >= 15 is 0 Å². The van der Waals surface area contributed by atoms with E-state index in [1.165, 1.54) is 16.7 Å². The number of ether oxygens (including phenoxy) is 1. The lowest BCUT2D eigenvalue weighted by Crippen LogP contribution is -2.40. The van der Waals surface area contributed by atoms with Crippen LogP contribution in [0.1, 0.15) is 24.2 Å². The second-order valence-electron chi connectivity index (χ2n) is 4.65. The largest absolute Gasteiger partial charge is 0.462 e. The Hall–Kier alpha value is -1.82. The molecule has 20 heavy (non-hydrogen) atoms. The molecule has 1 aromatic rings. The molecule has 0 atom stereocenters. The Kier molecular flexibility index (Phi) is 4.44. The van der Waals surface area contributed by atoms with Crippen LogP contribution in [0, 0.1) is 0 Å². The fraction of sp³-hybridized carbons (Fsp3) is 0.357. The van der Waals surface area contributed by atoms with Crippen LogP contribution in [0.4, 0.5) is 5.69 Å². The molecule has 0 radical (unpaired) electrons. The molecule has 5 nitrogen and oxygen atoms in total. The van der Waals surface area contributed by atoms with Crippen LogP contribution in [0.25, 0.3) is 0 Å². The third-order valence-corrected chi connectivity index (χ3v) is 3.75. The lowest BCUT2D eigenvalue weighted by Gasteiger charge is -2.28. The zero-order valence-corrected chi connectivity index (χ0v) is 12.1. The van der Waals surface area contributed by atoms with E-state index in [-0.39, 0.29) is 24.3 Å². The maximum atomic E-state index is 12.0. The van der Waals surface area contributed by atoms with Gasteiger partial charge in [-0.1, -0.05) is 0 Å². The Labute approximate surface area is 121 Å². The summed E-state index contributed by atoms with van der Waals surface area (Å²) in [4.78, 5) is 36.7. The molecule has 1 aliphatic heterocycles. The molecule has 2 rings (SSSR count). The Morgan fingerprint density at radius 1 is 1.50 bits per heavy atom. The standard InChI is InChI=1S/C14H15NO4S/c1-9(2)19-14(18)6-15-11-4-3-10(7-16)5-12(11)20-8-13(15)17/h3-5,7,9H,6,8H2,1-2H3. The van der Waals surface area contributed by atoms with Crippen LogP contribution in [0.3, 0.4) is 0 Å². The number of benzene rings is 1. The molecule has 0 fully saturated rings. The highest BCUT2D eigenvalue weighted by Crippen LogP contribution is 2.35. The van der Waals surface area contributed by atoms with E-state index in [4.69, 9.17) is 4.74 Å². The third kappa shape index (κ3) is 3.19. The molecule has 0 unspecified atom stereocenters. The van der Waals surface area contributed by atoms with E-state index < -0.39 is 5.97 Å². The molecule has 0 aliphatic carbocycles. The quantitative estimate of drug-likeness (QED) is 0.626. The summed E-state index contributed by atoms with van der Waals surface area (Å²) in [5.74, 6) is -0.322. The summed E-state index contributed by atoms with van der Waals surface area (Å²) in [6.07, 6.45) is 0.544. The molecule has 6 heteroatoms. The van der Waals surface area contributed by atoms with E-state index in [9.17, 15) is 14.4 Å². The van der Waals surface area contributed by atoms with Crippen LogP contribution in [0.15, 0.2) is 23.1 Å². The molecule has 1 aromatic carbocycles. The van der Waals surface area contributed by atoms with Crippen LogP contribution >= 0.6 is 11.8 Å². The Morgan fingerprint density at radius 2 is 2.25 bits per heavy atom. The third-order valence-electron chi connectivity index (χ3n) is 2.72. The molecule has 0 aromatic heterocycles. The van der Waals surface area contributed by atoms with Gasteiger partial charge >= 0.3 is 5.97 Å². The highest BCUT2D eigenvalue weighted by molar-refractivity contribution is 8.00. The van der Waals surface area contributed by atoms with E-state index in [2.05, 4.69) is 0 Å². The maximum Gasteiger partial charge on any atom is 0.326 e. The molecule has 0 saturated carbocycles. The molecule has 106 valence electrons. The minimum Gasteiger partial charge on any atom is -0.462 e. The van der Waals surface area contributed by atoms with Gasteiger partial charge in [-0.15, -0.1) is 11.8 Å². The number of thioether (sulfide) groups is 1. The summed E-state index contributed by atoms with van der Waals surface area (Å²) in [5, 5.41) is 0. The van der Waals surface area contributed by atoms with Gasteiger partial charge in [-0.2, -0.15) is 0 Å². The molecule has 0 N–H and O–H groups in total. The molecule has 0 spiro atoms. The molecular formula is C14H15NO4S. The van der Waals surface area contributed by atoms with Crippen molar-refractivity contribution < 1.29 is 19.1 Å². The van der Waals surface area contributed by atoms with Gasteiger partial charge in [0.2, 0.25) is 5.91 Å². The predicted molar refractivity (Wildman–Crippen MR) is 76.1 cm³/mol. The van der Waals surface area contributed by atoms with Crippen LogP contribution < -0.4 is 4.90 Å². The van der Waals surface area contributed by atoms with E-state index in [1.807, 2.05) is 0 Å². The lowest BCUT2D eigenvalue weighted by atomic mass is 10.2. The predicted octanol–water partition coefficient (Wildman–Crippen LogP) is 1.89. The van der Waals surface area contributed by atoms with Gasteiger partial charge < -0.3 is 4.74 Å². The number of aldehydes is 1. The van der Waals surface area contributed by atoms with Crippen LogP contribution in [-0.2, 0) is 14.3 Å². The van der Waals surface area contributed by atoms with Gasteiger partial charge in [-0.3, -0.25) is 19.3 Å². The van der Waals surface area contributed by atoms with Crippen molar-refractivity contribution in [1.29, 1.82) is 0 Å². The highest BCUT2D eigenvalue weighted by atomic mass is 32.2. The molecule has 0 bridgehead atoms. The number of carbonyl (C=O) groups is 3. The van der Waals surface area contributed by atoms with Crippen molar-refractivity contribution in [2.45, 2.75) is 24.8 Å². The first-order chi connectivity index (χ1) is 9.51. The average molecular weight is 293 g/mol. The normalized spacial score (nSPS) is 14.2. The zero-order chi connectivity index (χ0) is 14.7. The number of anilines is 1. The minimum absolute atomic E-state index is 0.106. The SMILES string of the molecule is CC(C)OC(=O)CN1C(=O)CSc2cc(C=O)ccc21. The fourth-order valence-electron chi connectivity index (χ4n) is 1.90. The molecule has 1 heterocycles. The van der Waals surface area contributed by atoms with Gasteiger partial charge in [0.25, 0.3) is 0 Å². The lowest BCUT2D eigenvalue weighted by molar-refractivity contribution is -0.146. The number of amides is 1. The van der Waals surface area contributed by atoms with Crippen molar-refractivity contribution >= 4 is 35.6 Å².